The molecule has 0 spiro atoms. The molecule has 1 heterocycles. The third-order valence-electron chi connectivity index (χ3n) is 4.08. The van der Waals surface area contributed by atoms with Crippen LogP contribution in [0.4, 0.5) is 5.69 Å². The number of Topliss-reactive ketones (excluding diaryl/α,β-unsaturated/α-hetero) is 1. The predicted octanol–water partition coefficient (Wildman–Crippen LogP) is 3.96. The van der Waals surface area contributed by atoms with Crippen LogP contribution in [0.15, 0.2) is 24.3 Å². The minimum Gasteiger partial charge on any atom is -0.478 e. The topological polar surface area (TPSA) is 83.6 Å². The zero-order chi connectivity index (χ0) is 19.3. The van der Waals surface area contributed by atoms with Crippen LogP contribution in [0.3, 0.4) is 0 Å². The van der Waals surface area contributed by atoms with E-state index in [1.165, 1.54) is 18.2 Å². The van der Waals surface area contributed by atoms with Gasteiger partial charge in [0.05, 0.1) is 4.92 Å². The second-order valence-corrected chi connectivity index (χ2v) is 6.30. The Labute approximate surface area is 156 Å². The molecule has 0 radical (unpaired) electrons. The number of nitro benzene ring substituents is 1. The molecule has 140 valence electrons. The molecule has 1 aromatic heterocycles. The van der Waals surface area contributed by atoms with Crippen molar-refractivity contribution in [1.29, 1.82) is 0 Å². The number of ketones is 1. The van der Waals surface area contributed by atoms with Gasteiger partial charge in [-0.25, -0.2) is 0 Å². The zero-order valence-corrected chi connectivity index (χ0v) is 15.7. The molecule has 0 aliphatic carbocycles. The van der Waals surface area contributed by atoms with Crippen molar-refractivity contribution in [3.05, 3.63) is 56.4 Å². The summed E-state index contributed by atoms with van der Waals surface area (Å²) in [6.45, 7) is 4.91. The number of hydrogen-bond acceptors (Lipinski definition) is 5. The molecule has 0 N–H and O–H groups in total. The van der Waals surface area contributed by atoms with E-state index < -0.39 is 4.92 Å². The molecule has 0 atom stereocenters. The second-order valence-electron chi connectivity index (χ2n) is 5.86. The van der Waals surface area contributed by atoms with Crippen LogP contribution in [0.5, 0.6) is 5.75 Å². The SMILES string of the molecule is COCCCn1c(C)cc(C(=O)COc2ccc(Cl)cc2[N+](=O)[O-])c1C. The molecular weight excluding hydrogens is 360 g/mol. The van der Waals surface area contributed by atoms with Crippen LogP contribution in [0, 0.1) is 24.0 Å². The number of methoxy groups -OCH3 is 1. The van der Waals surface area contributed by atoms with Crippen molar-refractivity contribution in [3.63, 3.8) is 0 Å². The molecule has 0 saturated heterocycles. The van der Waals surface area contributed by atoms with Gasteiger partial charge in [0, 0.05) is 48.3 Å². The lowest BCUT2D eigenvalue weighted by atomic mass is 10.1. The molecule has 1 aromatic carbocycles. The number of rotatable bonds is 9. The highest BCUT2D eigenvalue weighted by atomic mass is 35.5. The molecule has 2 rings (SSSR count). The summed E-state index contributed by atoms with van der Waals surface area (Å²) in [6.07, 6.45) is 0.841. The second kappa shape index (κ2) is 8.82. The maximum atomic E-state index is 12.5. The highest BCUT2D eigenvalue weighted by Gasteiger charge is 2.20. The summed E-state index contributed by atoms with van der Waals surface area (Å²) in [4.78, 5) is 23.0. The molecule has 7 nitrogen and oxygen atoms in total. The number of carbonyl (C=O) groups excluding carboxylic acids is 1. The minimum absolute atomic E-state index is 0.0154. The Balaban J connectivity index is 2.12. The van der Waals surface area contributed by atoms with Gasteiger partial charge in [-0.15, -0.1) is 0 Å². The largest absolute Gasteiger partial charge is 0.478 e. The molecule has 0 unspecified atom stereocenters. The molecule has 2 aromatic rings. The first-order valence-corrected chi connectivity index (χ1v) is 8.48. The first-order valence-electron chi connectivity index (χ1n) is 8.10. The minimum atomic E-state index is -0.590. The Morgan fingerprint density at radius 2 is 2.04 bits per heavy atom. The van der Waals surface area contributed by atoms with Crippen LogP contribution in [0.25, 0.3) is 0 Å². The highest BCUT2D eigenvalue weighted by Crippen LogP contribution is 2.30. The third-order valence-corrected chi connectivity index (χ3v) is 4.32. The summed E-state index contributed by atoms with van der Waals surface area (Å²) >= 11 is 5.77. The molecule has 0 saturated carbocycles. The summed E-state index contributed by atoms with van der Waals surface area (Å²) < 4.78 is 12.5. The highest BCUT2D eigenvalue weighted by molar-refractivity contribution is 6.30. The van der Waals surface area contributed by atoms with Crippen molar-refractivity contribution in [3.8, 4) is 5.75 Å². The van der Waals surface area contributed by atoms with E-state index in [2.05, 4.69) is 4.57 Å². The summed E-state index contributed by atoms with van der Waals surface area (Å²) in [7, 11) is 1.65. The number of benzene rings is 1. The van der Waals surface area contributed by atoms with Gasteiger partial charge in [0.2, 0.25) is 5.78 Å². The zero-order valence-electron chi connectivity index (χ0n) is 15.0. The van der Waals surface area contributed by atoms with E-state index in [9.17, 15) is 14.9 Å². The van der Waals surface area contributed by atoms with Crippen molar-refractivity contribution < 1.29 is 19.2 Å². The van der Waals surface area contributed by atoms with Crippen LogP contribution in [-0.2, 0) is 11.3 Å². The number of halogens is 1. The number of hydrogen-bond donors (Lipinski definition) is 0. The van der Waals surface area contributed by atoms with Gasteiger partial charge in [-0.3, -0.25) is 14.9 Å². The van der Waals surface area contributed by atoms with E-state index in [-0.39, 0.29) is 28.8 Å². The monoisotopic (exact) mass is 380 g/mol. The van der Waals surface area contributed by atoms with Gasteiger partial charge in [0.25, 0.3) is 0 Å². The summed E-state index contributed by atoms with van der Waals surface area (Å²) in [5.41, 5.74) is 2.10. The first-order chi connectivity index (χ1) is 12.3. The molecule has 0 amide bonds. The summed E-state index contributed by atoms with van der Waals surface area (Å²) in [6, 6.07) is 5.88. The number of carbonyl (C=O) groups is 1. The first kappa shape index (κ1) is 19.9. The van der Waals surface area contributed by atoms with Gasteiger partial charge in [0.15, 0.2) is 12.4 Å². The van der Waals surface area contributed by atoms with E-state index in [0.717, 1.165) is 24.4 Å². The fraction of sp³-hybridized carbons (Fsp3) is 0.389. The standard InChI is InChI=1S/C18H21ClN2O5/c1-12-9-15(13(2)20(12)7-4-8-25-3)17(22)11-26-18-6-5-14(19)10-16(18)21(23)24/h5-6,9-10H,4,7-8,11H2,1-3H3. The third kappa shape index (κ3) is 4.62. The van der Waals surface area contributed by atoms with E-state index >= 15 is 0 Å². The van der Waals surface area contributed by atoms with E-state index in [0.29, 0.717) is 12.2 Å². The Kier molecular flexibility index (Phi) is 6.76. The fourth-order valence-electron chi connectivity index (χ4n) is 2.77. The lowest BCUT2D eigenvalue weighted by molar-refractivity contribution is -0.385. The van der Waals surface area contributed by atoms with Crippen molar-refractivity contribution in [2.24, 2.45) is 0 Å². The molecule has 0 aliphatic heterocycles. The Morgan fingerprint density at radius 1 is 1.31 bits per heavy atom. The van der Waals surface area contributed by atoms with E-state index in [1.54, 1.807) is 7.11 Å². The Hall–Kier alpha value is -2.38. The molecule has 0 bridgehead atoms. The van der Waals surface area contributed by atoms with Gasteiger partial charge in [-0.05, 0) is 38.5 Å². The molecular formula is C18H21ClN2O5. The molecule has 0 aliphatic rings. The van der Waals surface area contributed by atoms with Crippen LogP contribution in [0.1, 0.15) is 28.2 Å². The van der Waals surface area contributed by atoms with Crippen molar-refractivity contribution >= 4 is 23.1 Å². The van der Waals surface area contributed by atoms with Crippen molar-refractivity contribution in [2.75, 3.05) is 20.3 Å². The number of aromatic nitrogens is 1. The number of nitrogens with zero attached hydrogens (tertiary/aromatic N) is 2. The Morgan fingerprint density at radius 3 is 2.69 bits per heavy atom. The van der Waals surface area contributed by atoms with Gasteiger partial charge in [-0.1, -0.05) is 11.6 Å². The Bertz CT molecular complexity index is 816. The number of aryl methyl sites for hydroxylation is 1. The molecule has 0 fully saturated rings. The van der Waals surface area contributed by atoms with E-state index in [1.807, 2.05) is 19.9 Å². The van der Waals surface area contributed by atoms with Crippen molar-refractivity contribution in [1.82, 2.24) is 4.57 Å². The molecule has 26 heavy (non-hydrogen) atoms. The lowest BCUT2D eigenvalue weighted by Gasteiger charge is -2.10. The molecule has 8 heteroatoms. The maximum absolute atomic E-state index is 12.5. The van der Waals surface area contributed by atoms with Gasteiger partial charge < -0.3 is 14.0 Å². The smallest absolute Gasteiger partial charge is 0.312 e. The number of nitro groups is 1. The van der Waals surface area contributed by atoms with Crippen LogP contribution >= 0.6 is 11.6 Å². The van der Waals surface area contributed by atoms with Gasteiger partial charge >= 0.3 is 5.69 Å². The number of ether oxygens (including phenoxy) is 2. The van der Waals surface area contributed by atoms with Crippen molar-refractivity contribution in [2.45, 2.75) is 26.8 Å². The van der Waals surface area contributed by atoms with Crippen LogP contribution in [0.2, 0.25) is 5.02 Å². The van der Waals surface area contributed by atoms with E-state index in [4.69, 9.17) is 21.1 Å². The van der Waals surface area contributed by atoms with Gasteiger partial charge in [0.1, 0.15) is 0 Å². The average Bonchev–Trinajstić information content (AvgIpc) is 2.88. The van der Waals surface area contributed by atoms with Crippen LogP contribution in [-0.4, -0.2) is 35.6 Å². The predicted molar refractivity (Wildman–Crippen MR) is 98.3 cm³/mol. The van der Waals surface area contributed by atoms with Gasteiger partial charge in [-0.2, -0.15) is 0 Å². The quantitative estimate of drug-likeness (QED) is 0.284. The normalized spacial score (nSPS) is 10.8. The fourth-order valence-corrected chi connectivity index (χ4v) is 2.94. The average molecular weight is 381 g/mol. The van der Waals surface area contributed by atoms with Crippen LogP contribution < -0.4 is 4.74 Å². The summed E-state index contributed by atoms with van der Waals surface area (Å²) in [5.74, 6) is -0.220. The summed E-state index contributed by atoms with van der Waals surface area (Å²) in [5, 5.41) is 11.3. The lowest BCUT2D eigenvalue weighted by Crippen LogP contribution is -2.14. The maximum Gasteiger partial charge on any atom is 0.312 e.